The quantitative estimate of drug-likeness (QED) is 0.542. The largest absolute Gasteiger partial charge is 0.330 e. The number of rotatable bonds is 4. The van der Waals surface area contributed by atoms with Crippen LogP contribution in [0.3, 0.4) is 0 Å². The van der Waals surface area contributed by atoms with E-state index >= 15 is 0 Å². The second-order valence-corrected chi connectivity index (χ2v) is 9.24. The van der Waals surface area contributed by atoms with Crippen molar-refractivity contribution in [2.75, 3.05) is 6.61 Å². The molecule has 0 unspecified atom stereocenters. The minimum absolute atomic E-state index is 0.109. The lowest BCUT2D eigenvalue weighted by Gasteiger charge is -2.32. The van der Waals surface area contributed by atoms with Gasteiger partial charge in [0.25, 0.3) is 0 Å². The molecule has 35 heavy (non-hydrogen) atoms. The van der Waals surface area contributed by atoms with Crippen LogP contribution in [0.4, 0.5) is 8.78 Å². The lowest BCUT2D eigenvalue weighted by molar-refractivity contribution is -0.183. The molecule has 9 heteroatoms. The Morgan fingerprint density at radius 2 is 1.77 bits per heavy atom. The highest BCUT2D eigenvalue weighted by molar-refractivity contribution is 5.79. The smallest absolute Gasteiger partial charge is 0.249 e. The van der Waals surface area contributed by atoms with Crippen molar-refractivity contribution in [1.29, 1.82) is 10.5 Å². The van der Waals surface area contributed by atoms with Crippen LogP contribution in [0.25, 0.3) is 11.0 Å². The number of aromatic nitrogens is 2. The molecule has 1 aromatic heterocycles. The van der Waals surface area contributed by atoms with E-state index in [1.165, 1.54) is 23.3 Å². The highest BCUT2D eigenvalue weighted by atomic mass is 19.1. The average Bonchev–Trinajstić information content (AvgIpc) is 3.51. The summed E-state index contributed by atoms with van der Waals surface area (Å²) in [6.45, 7) is 0.994. The van der Waals surface area contributed by atoms with Crippen LogP contribution in [0.5, 0.6) is 0 Å². The van der Waals surface area contributed by atoms with E-state index in [2.05, 4.69) is 4.98 Å². The Kier molecular flexibility index (Phi) is 6.19. The molecule has 1 atom stereocenters. The van der Waals surface area contributed by atoms with Gasteiger partial charge in [-0.2, -0.15) is 10.5 Å². The van der Waals surface area contributed by atoms with Gasteiger partial charge in [-0.1, -0.05) is 0 Å². The number of fused-ring (bicyclic) bond motifs is 1. The lowest BCUT2D eigenvalue weighted by atomic mass is 9.81. The van der Waals surface area contributed by atoms with Gasteiger partial charge in [0, 0.05) is 18.9 Å². The van der Waals surface area contributed by atoms with E-state index in [0.717, 1.165) is 12.8 Å². The predicted octanol–water partition coefficient (Wildman–Crippen LogP) is 4.77. The summed E-state index contributed by atoms with van der Waals surface area (Å²) < 4.78 is 30.1. The molecule has 178 valence electrons. The fourth-order valence-electron chi connectivity index (χ4n) is 5.24. The molecule has 0 radical (unpaired) electrons. The third kappa shape index (κ3) is 4.48. The van der Waals surface area contributed by atoms with Crippen LogP contribution in [0.15, 0.2) is 36.7 Å². The third-order valence-electron chi connectivity index (χ3n) is 7.01. The number of nitriles is 2. The van der Waals surface area contributed by atoms with Crippen molar-refractivity contribution in [2.45, 2.75) is 44.7 Å². The van der Waals surface area contributed by atoms with Gasteiger partial charge in [-0.25, -0.2) is 18.8 Å². The van der Waals surface area contributed by atoms with Crippen molar-refractivity contribution < 1.29 is 18.4 Å². The van der Waals surface area contributed by atoms with Crippen molar-refractivity contribution in [3.05, 3.63) is 65.0 Å². The molecular formula is C26H23F2N5O2. The Labute approximate surface area is 201 Å². The minimum Gasteiger partial charge on any atom is -0.330 e. The van der Waals surface area contributed by atoms with Crippen LogP contribution in [0, 0.1) is 46.1 Å². The van der Waals surface area contributed by atoms with Crippen LogP contribution in [0.2, 0.25) is 0 Å². The molecule has 2 fully saturated rings. The molecule has 0 bridgehead atoms. The number of benzene rings is 2. The summed E-state index contributed by atoms with van der Waals surface area (Å²) in [5.74, 6) is -1.03. The Morgan fingerprint density at radius 1 is 1.03 bits per heavy atom. The van der Waals surface area contributed by atoms with Crippen molar-refractivity contribution in [3.63, 3.8) is 0 Å². The van der Waals surface area contributed by atoms with E-state index in [0.29, 0.717) is 49.4 Å². The molecule has 1 saturated heterocycles. The van der Waals surface area contributed by atoms with Crippen LogP contribution in [-0.2, 0) is 16.2 Å². The van der Waals surface area contributed by atoms with Crippen LogP contribution < -0.4 is 0 Å². The number of hydrogen-bond donors (Lipinski definition) is 0. The maximum atomic E-state index is 14.2. The molecule has 1 amide bonds. The van der Waals surface area contributed by atoms with Crippen molar-refractivity contribution >= 4 is 16.9 Å². The Balaban J connectivity index is 1.24. The molecule has 0 N–H and O–H groups in total. The molecule has 1 aliphatic heterocycles. The van der Waals surface area contributed by atoms with Gasteiger partial charge in [-0.15, -0.1) is 0 Å². The number of hydroxylamine groups is 2. The van der Waals surface area contributed by atoms with E-state index in [4.69, 9.17) is 15.4 Å². The summed E-state index contributed by atoms with van der Waals surface area (Å²) in [5, 5.41) is 19.7. The number of imidazole rings is 1. The first kappa shape index (κ1) is 22.9. The second-order valence-electron chi connectivity index (χ2n) is 9.24. The highest BCUT2D eigenvalue weighted by Gasteiger charge is 2.37. The number of carbonyl (C=O) groups is 1. The first-order chi connectivity index (χ1) is 17.0. The molecule has 2 aliphatic rings. The number of hydrogen-bond acceptors (Lipinski definition) is 5. The predicted molar refractivity (Wildman–Crippen MR) is 121 cm³/mol. The second kappa shape index (κ2) is 9.44. The van der Waals surface area contributed by atoms with Crippen molar-refractivity contribution in [3.8, 4) is 12.1 Å². The topological polar surface area (TPSA) is 94.9 Å². The lowest BCUT2D eigenvalue weighted by Crippen LogP contribution is -2.37. The zero-order valence-corrected chi connectivity index (χ0v) is 19.0. The van der Waals surface area contributed by atoms with Crippen molar-refractivity contribution in [1.82, 2.24) is 14.6 Å². The van der Waals surface area contributed by atoms with Gasteiger partial charge < -0.3 is 4.57 Å². The molecule has 3 aromatic rings. The SMILES string of the molecule is N#Cc1cc(F)cc([C@@H]2CCON2C(=O)C2CCC(Cn3cnc4c(F)cc(C#N)cc43)CC2)c1. The third-order valence-corrected chi connectivity index (χ3v) is 7.01. The number of carbonyl (C=O) groups excluding carboxylic acids is 1. The zero-order chi connectivity index (χ0) is 24.5. The van der Waals surface area contributed by atoms with Crippen LogP contribution in [0.1, 0.15) is 54.8 Å². The summed E-state index contributed by atoms with van der Waals surface area (Å²) >= 11 is 0. The first-order valence-corrected chi connectivity index (χ1v) is 11.7. The summed E-state index contributed by atoms with van der Waals surface area (Å²) in [5.41, 5.74) is 1.89. The Morgan fingerprint density at radius 3 is 2.51 bits per heavy atom. The van der Waals surface area contributed by atoms with Crippen LogP contribution >= 0.6 is 0 Å². The molecule has 1 saturated carbocycles. The normalized spacial score (nSPS) is 22.2. The Bertz CT molecular complexity index is 1360. The molecule has 0 spiro atoms. The summed E-state index contributed by atoms with van der Waals surface area (Å²) in [6, 6.07) is 10.5. The molecule has 2 aromatic carbocycles. The van der Waals surface area contributed by atoms with Gasteiger partial charge >= 0.3 is 0 Å². The van der Waals surface area contributed by atoms with Crippen LogP contribution in [-0.4, -0.2) is 27.1 Å². The van der Waals surface area contributed by atoms with E-state index in [9.17, 15) is 13.6 Å². The number of amides is 1. The minimum atomic E-state index is -0.507. The number of halogens is 2. The fourth-order valence-corrected chi connectivity index (χ4v) is 5.24. The monoisotopic (exact) mass is 475 g/mol. The van der Waals surface area contributed by atoms with Gasteiger partial charge in [0.05, 0.1) is 47.8 Å². The molecule has 7 nitrogen and oxygen atoms in total. The number of nitrogens with zero attached hydrogens (tertiary/aromatic N) is 5. The van der Waals surface area contributed by atoms with E-state index < -0.39 is 17.7 Å². The van der Waals surface area contributed by atoms with E-state index in [1.54, 1.807) is 18.5 Å². The maximum absolute atomic E-state index is 14.2. The average molecular weight is 475 g/mol. The van der Waals surface area contributed by atoms with Crippen molar-refractivity contribution in [2.24, 2.45) is 11.8 Å². The maximum Gasteiger partial charge on any atom is 0.249 e. The fraction of sp³-hybridized carbons (Fsp3) is 0.385. The first-order valence-electron chi connectivity index (χ1n) is 11.7. The van der Waals surface area contributed by atoms with Gasteiger partial charge in [0.1, 0.15) is 11.3 Å². The summed E-state index contributed by atoms with van der Waals surface area (Å²) in [7, 11) is 0. The molecule has 2 heterocycles. The van der Waals surface area contributed by atoms with Gasteiger partial charge in [0.2, 0.25) is 5.91 Å². The highest BCUT2D eigenvalue weighted by Crippen LogP contribution is 2.37. The van der Waals surface area contributed by atoms with Gasteiger partial charge in [0.15, 0.2) is 5.82 Å². The van der Waals surface area contributed by atoms with Gasteiger partial charge in [-0.3, -0.25) is 9.63 Å². The standard InChI is InChI=1S/C26H23F2N5O2/c27-21-8-17(12-29)7-20(11-21)23-5-6-35-33(23)26(34)19-3-1-16(2-4-19)14-32-15-31-25-22(28)9-18(13-30)10-24(25)32/h7-11,15-16,19,23H,1-6,14H2/t16?,19?,23-/m0/s1. The zero-order valence-electron chi connectivity index (χ0n) is 19.0. The van der Waals surface area contributed by atoms with E-state index in [-0.39, 0.29) is 28.5 Å². The van der Waals surface area contributed by atoms with Gasteiger partial charge in [-0.05, 0) is 67.5 Å². The molecule has 5 rings (SSSR count). The summed E-state index contributed by atoms with van der Waals surface area (Å²) in [4.78, 5) is 23.1. The molecular weight excluding hydrogens is 452 g/mol. The van der Waals surface area contributed by atoms with E-state index in [1.807, 2.05) is 16.7 Å². The summed E-state index contributed by atoms with van der Waals surface area (Å²) in [6.07, 6.45) is 5.15. The molecule has 1 aliphatic carbocycles. The Hall–Kier alpha value is -3.82.